The third-order valence-corrected chi connectivity index (χ3v) is 6.81. The zero-order valence-corrected chi connectivity index (χ0v) is 17.5. The molecule has 3 aromatic rings. The number of amides is 1. The van der Waals surface area contributed by atoms with Gasteiger partial charge in [-0.3, -0.25) is 4.79 Å². The number of hydrogen-bond donors (Lipinski definition) is 3. The van der Waals surface area contributed by atoms with E-state index in [2.05, 4.69) is 20.6 Å². The van der Waals surface area contributed by atoms with Crippen LogP contribution in [0.2, 0.25) is 0 Å². The third kappa shape index (κ3) is 3.81. The summed E-state index contributed by atoms with van der Waals surface area (Å²) < 4.78 is 27.3. The van der Waals surface area contributed by atoms with Crippen LogP contribution in [0.5, 0.6) is 0 Å². The topological polar surface area (TPSA) is 126 Å². The van der Waals surface area contributed by atoms with Crippen molar-refractivity contribution in [2.75, 3.05) is 6.54 Å². The summed E-state index contributed by atoms with van der Waals surface area (Å²) in [6.07, 6.45) is 2.82. The van der Waals surface area contributed by atoms with E-state index in [4.69, 9.17) is 0 Å². The molecule has 1 saturated heterocycles. The molecular formula is C20H23N5O4S. The maximum absolute atomic E-state index is 13.1. The highest BCUT2D eigenvalue weighted by Gasteiger charge is 2.28. The Bertz CT molecular complexity index is 1200. The molecule has 1 aromatic carbocycles. The first-order valence-electron chi connectivity index (χ1n) is 9.60. The molecule has 1 amide bonds. The van der Waals surface area contributed by atoms with Gasteiger partial charge in [0.25, 0.3) is 10.0 Å². The van der Waals surface area contributed by atoms with E-state index in [0.717, 1.165) is 9.54 Å². The van der Waals surface area contributed by atoms with E-state index in [0.29, 0.717) is 29.7 Å². The molecule has 0 bridgehead atoms. The van der Waals surface area contributed by atoms with Gasteiger partial charge in [-0.05, 0) is 38.0 Å². The lowest BCUT2D eigenvalue weighted by Crippen LogP contribution is -2.40. The number of aliphatic hydroxyl groups is 1. The number of aliphatic hydroxyl groups excluding tert-OH is 1. The molecule has 0 saturated carbocycles. The first-order chi connectivity index (χ1) is 14.3. The van der Waals surface area contributed by atoms with Gasteiger partial charge in [-0.25, -0.2) is 22.4 Å². The predicted molar refractivity (Wildman–Crippen MR) is 110 cm³/mol. The molecule has 2 unspecified atom stereocenters. The van der Waals surface area contributed by atoms with Gasteiger partial charge in [-0.2, -0.15) is 0 Å². The average Bonchev–Trinajstić information content (AvgIpc) is 3.30. The number of nitrogens with one attached hydrogen (secondary N) is 2. The summed E-state index contributed by atoms with van der Waals surface area (Å²) in [5, 5.41) is 15.3. The maximum Gasteiger partial charge on any atom is 0.269 e. The molecule has 3 heterocycles. The van der Waals surface area contributed by atoms with Crippen molar-refractivity contribution in [2.45, 2.75) is 43.9 Å². The van der Waals surface area contributed by atoms with Crippen LogP contribution in [-0.4, -0.2) is 52.1 Å². The fourth-order valence-electron chi connectivity index (χ4n) is 3.45. The number of β-amino-alcohol motifs (C(OH)–C–C–N with tert-alkyl or cyclic N) is 1. The van der Waals surface area contributed by atoms with Crippen LogP contribution in [0.1, 0.15) is 23.2 Å². The van der Waals surface area contributed by atoms with Crippen molar-refractivity contribution in [3.8, 4) is 0 Å². The molecule has 4 rings (SSSR count). The Labute approximate surface area is 174 Å². The van der Waals surface area contributed by atoms with Gasteiger partial charge in [0.05, 0.1) is 35.5 Å². The number of aryl methyl sites for hydroxylation is 2. The number of carbonyl (C=O) groups excluding carboxylic acids is 1. The average molecular weight is 430 g/mol. The van der Waals surface area contributed by atoms with Crippen LogP contribution in [-0.2, 0) is 21.4 Å². The summed E-state index contributed by atoms with van der Waals surface area (Å²) in [6, 6.07) is 6.19. The predicted octanol–water partition coefficient (Wildman–Crippen LogP) is 0.624. The van der Waals surface area contributed by atoms with E-state index in [1.54, 1.807) is 31.2 Å². The quantitative estimate of drug-likeness (QED) is 0.543. The van der Waals surface area contributed by atoms with Gasteiger partial charge < -0.3 is 15.7 Å². The molecule has 9 nitrogen and oxygen atoms in total. The summed E-state index contributed by atoms with van der Waals surface area (Å²) in [5.74, 6) is -0.218. The highest BCUT2D eigenvalue weighted by Crippen LogP contribution is 2.23. The van der Waals surface area contributed by atoms with Gasteiger partial charge in [0.15, 0.2) is 5.65 Å². The lowest BCUT2D eigenvalue weighted by molar-refractivity contribution is -0.123. The summed E-state index contributed by atoms with van der Waals surface area (Å²) in [5.41, 5.74) is 2.86. The molecular weight excluding hydrogens is 406 g/mol. The second kappa shape index (κ2) is 7.78. The first kappa shape index (κ1) is 20.5. The maximum atomic E-state index is 13.1. The molecule has 0 aliphatic carbocycles. The van der Waals surface area contributed by atoms with Gasteiger partial charge in [-0.15, -0.1) is 0 Å². The van der Waals surface area contributed by atoms with E-state index in [-0.39, 0.29) is 23.0 Å². The first-order valence-corrected chi connectivity index (χ1v) is 11.0. The van der Waals surface area contributed by atoms with Crippen LogP contribution in [0.25, 0.3) is 11.2 Å². The van der Waals surface area contributed by atoms with E-state index >= 15 is 0 Å². The van der Waals surface area contributed by atoms with Crippen molar-refractivity contribution in [2.24, 2.45) is 0 Å². The molecule has 1 fully saturated rings. The summed E-state index contributed by atoms with van der Waals surface area (Å²) in [7, 11) is -3.80. The molecule has 0 radical (unpaired) electrons. The normalized spacial score (nSPS) is 19.3. The number of rotatable bonds is 5. The third-order valence-electron chi connectivity index (χ3n) is 5.14. The molecule has 0 spiro atoms. The Hall–Kier alpha value is -2.82. The van der Waals surface area contributed by atoms with Gasteiger partial charge in [0, 0.05) is 12.7 Å². The Kier molecular flexibility index (Phi) is 5.31. The van der Waals surface area contributed by atoms with Crippen molar-refractivity contribution in [3.05, 3.63) is 53.5 Å². The number of fused-ring (bicyclic) bond motifs is 1. The Balaban J connectivity index is 1.58. The van der Waals surface area contributed by atoms with E-state index in [1.165, 1.54) is 12.4 Å². The number of carbonyl (C=O) groups is 1. The van der Waals surface area contributed by atoms with Crippen molar-refractivity contribution in [3.63, 3.8) is 0 Å². The van der Waals surface area contributed by atoms with Crippen molar-refractivity contribution < 1.29 is 18.3 Å². The fourth-order valence-corrected chi connectivity index (χ4v) is 4.82. The number of hydrogen-bond acceptors (Lipinski definition) is 7. The summed E-state index contributed by atoms with van der Waals surface area (Å²) in [6.45, 7) is 4.21. The number of benzene rings is 1. The van der Waals surface area contributed by atoms with Crippen LogP contribution in [0.4, 0.5) is 0 Å². The second-order valence-electron chi connectivity index (χ2n) is 7.53. The molecule has 158 valence electrons. The van der Waals surface area contributed by atoms with Crippen LogP contribution in [0.3, 0.4) is 0 Å². The summed E-state index contributed by atoms with van der Waals surface area (Å²) >= 11 is 0. The van der Waals surface area contributed by atoms with Gasteiger partial charge in [-0.1, -0.05) is 17.7 Å². The minimum absolute atomic E-state index is 0.158. The van der Waals surface area contributed by atoms with E-state index < -0.39 is 22.2 Å². The lowest BCUT2D eigenvalue weighted by atomic mass is 10.2. The van der Waals surface area contributed by atoms with E-state index in [1.807, 2.05) is 6.92 Å². The Morgan fingerprint density at radius 2 is 2.03 bits per heavy atom. The number of aromatic nitrogens is 3. The summed E-state index contributed by atoms with van der Waals surface area (Å²) in [4.78, 5) is 21.2. The van der Waals surface area contributed by atoms with Crippen molar-refractivity contribution in [1.29, 1.82) is 0 Å². The monoisotopic (exact) mass is 429 g/mol. The fraction of sp³-hybridized carbons (Fsp3) is 0.350. The minimum atomic E-state index is -3.80. The lowest BCUT2D eigenvalue weighted by Gasteiger charge is -2.11. The molecule has 3 N–H and O–H groups in total. The zero-order valence-electron chi connectivity index (χ0n) is 16.7. The molecule has 2 aromatic heterocycles. The second-order valence-corrected chi connectivity index (χ2v) is 9.34. The standard InChI is InChI=1S/C20H23N5O4S/c1-12-3-5-16(6-4-12)30(28,29)25-11-13(2)18-19(25)22-8-14(24-18)9-23-20(27)17-7-15(26)10-21-17/h3-6,8,11,15,17,21,26H,7,9-10H2,1-2H3,(H,23,27). The molecule has 30 heavy (non-hydrogen) atoms. The van der Waals surface area contributed by atoms with Gasteiger partial charge >= 0.3 is 0 Å². The van der Waals surface area contributed by atoms with Crippen LogP contribution >= 0.6 is 0 Å². The molecule has 2 atom stereocenters. The van der Waals surface area contributed by atoms with Gasteiger partial charge in [0.1, 0.15) is 5.52 Å². The largest absolute Gasteiger partial charge is 0.392 e. The Morgan fingerprint density at radius 1 is 1.30 bits per heavy atom. The van der Waals surface area contributed by atoms with Crippen LogP contribution < -0.4 is 10.6 Å². The highest BCUT2D eigenvalue weighted by molar-refractivity contribution is 7.90. The van der Waals surface area contributed by atoms with Crippen molar-refractivity contribution >= 4 is 27.1 Å². The van der Waals surface area contributed by atoms with Gasteiger partial charge in [0.2, 0.25) is 5.91 Å². The van der Waals surface area contributed by atoms with E-state index in [9.17, 15) is 18.3 Å². The van der Waals surface area contributed by atoms with Crippen LogP contribution in [0, 0.1) is 13.8 Å². The smallest absolute Gasteiger partial charge is 0.269 e. The number of nitrogens with zero attached hydrogens (tertiary/aromatic N) is 3. The Morgan fingerprint density at radius 3 is 2.70 bits per heavy atom. The highest BCUT2D eigenvalue weighted by atomic mass is 32.2. The molecule has 1 aliphatic rings. The molecule has 10 heteroatoms. The minimum Gasteiger partial charge on any atom is -0.392 e. The zero-order chi connectivity index (χ0) is 21.5. The molecule has 1 aliphatic heterocycles. The van der Waals surface area contributed by atoms with Crippen molar-refractivity contribution in [1.82, 2.24) is 24.6 Å². The SMILES string of the molecule is Cc1ccc(S(=O)(=O)n2cc(C)c3nc(CNC(=O)C4CC(O)CN4)cnc32)cc1. The van der Waals surface area contributed by atoms with Crippen LogP contribution in [0.15, 0.2) is 41.6 Å².